The number of morpholine rings is 1. The van der Waals surface area contributed by atoms with Crippen molar-refractivity contribution < 1.29 is 14.5 Å². The first-order valence-corrected chi connectivity index (χ1v) is 10.9. The Morgan fingerprint density at radius 2 is 2.00 bits per heavy atom. The SMILES string of the molecule is O=C(NCC(c1ccc(Cl)cc1)N1CCOCC1)C1NNC2CCC([N+](=O)[O-])CC21. The number of halogens is 1. The highest BCUT2D eigenvalue weighted by Gasteiger charge is 2.46. The second kappa shape index (κ2) is 9.57. The molecule has 1 amide bonds. The Hall–Kier alpha value is -1.78. The molecule has 1 aromatic rings. The highest BCUT2D eigenvalue weighted by molar-refractivity contribution is 6.30. The molecule has 30 heavy (non-hydrogen) atoms. The molecule has 3 aliphatic rings. The number of benzene rings is 1. The number of amides is 1. The van der Waals surface area contributed by atoms with Gasteiger partial charge in [0.15, 0.2) is 0 Å². The van der Waals surface area contributed by atoms with Crippen molar-refractivity contribution in [2.24, 2.45) is 5.92 Å². The summed E-state index contributed by atoms with van der Waals surface area (Å²) in [6.07, 6.45) is 1.67. The number of ether oxygens (including phenoxy) is 1. The molecule has 2 aliphatic heterocycles. The fourth-order valence-corrected chi connectivity index (χ4v) is 4.95. The summed E-state index contributed by atoms with van der Waals surface area (Å²) in [6, 6.07) is 6.78. The summed E-state index contributed by atoms with van der Waals surface area (Å²) in [5.41, 5.74) is 7.32. The normalized spacial score (nSPS) is 30.4. The molecule has 164 valence electrons. The lowest BCUT2D eigenvalue weighted by Gasteiger charge is -2.35. The molecule has 1 saturated carbocycles. The molecule has 4 rings (SSSR count). The minimum atomic E-state index is -0.571. The maximum atomic E-state index is 13.0. The van der Waals surface area contributed by atoms with Crippen LogP contribution in [0.5, 0.6) is 0 Å². The van der Waals surface area contributed by atoms with Gasteiger partial charge in [0.1, 0.15) is 6.04 Å². The van der Waals surface area contributed by atoms with E-state index >= 15 is 0 Å². The molecule has 1 aliphatic carbocycles. The van der Waals surface area contributed by atoms with Gasteiger partial charge in [0.25, 0.3) is 0 Å². The molecule has 5 unspecified atom stereocenters. The van der Waals surface area contributed by atoms with Gasteiger partial charge in [0.05, 0.1) is 19.3 Å². The second-order valence-corrected chi connectivity index (χ2v) is 8.69. The maximum Gasteiger partial charge on any atom is 0.238 e. The van der Waals surface area contributed by atoms with Crippen LogP contribution >= 0.6 is 11.6 Å². The van der Waals surface area contributed by atoms with Crippen LogP contribution < -0.4 is 16.2 Å². The molecule has 0 aromatic heterocycles. The van der Waals surface area contributed by atoms with Crippen LogP contribution in [0.1, 0.15) is 30.9 Å². The minimum Gasteiger partial charge on any atom is -0.379 e. The Kier molecular flexibility index (Phi) is 6.84. The lowest BCUT2D eigenvalue weighted by molar-refractivity contribution is -0.528. The van der Waals surface area contributed by atoms with Crippen molar-refractivity contribution in [2.45, 2.75) is 43.4 Å². The summed E-state index contributed by atoms with van der Waals surface area (Å²) in [6.45, 7) is 3.37. The van der Waals surface area contributed by atoms with Crippen molar-refractivity contribution >= 4 is 17.5 Å². The van der Waals surface area contributed by atoms with E-state index in [9.17, 15) is 14.9 Å². The standard InChI is InChI=1S/C20H28ClN5O4/c21-14-3-1-13(2-4-14)18(25-7-9-30-10-8-25)12-22-20(27)19-16-11-15(26(28)29)5-6-17(16)23-24-19/h1-4,15-19,23-24H,5-12H2,(H,22,27). The van der Waals surface area contributed by atoms with Crippen LogP contribution in [-0.2, 0) is 9.53 Å². The lowest BCUT2D eigenvalue weighted by atomic mass is 9.79. The number of nitrogens with zero attached hydrogens (tertiary/aromatic N) is 2. The predicted octanol–water partition coefficient (Wildman–Crippen LogP) is 1.12. The fraction of sp³-hybridized carbons (Fsp3) is 0.650. The molecule has 3 fully saturated rings. The van der Waals surface area contributed by atoms with Gasteiger partial charge in [-0.2, -0.15) is 0 Å². The van der Waals surface area contributed by atoms with Gasteiger partial charge in [-0.15, -0.1) is 0 Å². The van der Waals surface area contributed by atoms with Crippen molar-refractivity contribution in [2.75, 3.05) is 32.8 Å². The monoisotopic (exact) mass is 437 g/mol. The Morgan fingerprint density at radius 1 is 1.27 bits per heavy atom. The number of hydrazine groups is 1. The highest BCUT2D eigenvalue weighted by Crippen LogP contribution is 2.32. The first-order valence-electron chi connectivity index (χ1n) is 10.5. The van der Waals surface area contributed by atoms with Gasteiger partial charge >= 0.3 is 0 Å². The summed E-state index contributed by atoms with van der Waals surface area (Å²) >= 11 is 6.05. The molecule has 3 N–H and O–H groups in total. The van der Waals surface area contributed by atoms with Crippen LogP contribution in [0.2, 0.25) is 5.02 Å². The molecule has 10 heteroatoms. The largest absolute Gasteiger partial charge is 0.379 e. The molecular weight excluding hydrogens is 410 g/mol. The highest BCUT2D eigenvalue weighted by atomic mass is 35.5. The molecule has 5 atom stereocenters. The third kappa shape index (κ3) is 4.76. The Morgan fingerprint density at radius 3 is 2.70 bits per heavy atom. The van der Waals surface area contributed by atoms with Gasteiger partial charge in [0.2, 0.25) is 11.9 Å². The number of carbonyl (C=O) groups is 1. The van der Waals surface area contributed by atoms with Crippen molar-refractivity contribution in [1.82, 2.24) is 21.1 Å². The molecule has 0 radical (unpaired) electrons. The van der Waals surface area contributed by atoms with E-state index in [1.54, 1.807) is 0 Å². The Balaban J connectivity index is 1.42. The third-order valence-electron chi connectivity index (χ3n) is 6.52. The van der Waals surface area contributed by atoms with Gasteiger partial charge in [-0.25, -0.2) is 5.43 Å². The smallest absolute Gasteiger partial charge is 0.238 e. The van der Waals surface area contributed by atoms with Crippen LogP contribution in [-0.4, -0.2) is 66.7 Å². The zero-order valence-corrected chi connectivity index (χ0v) is 17.5. The average molecular weight is 438 g/mol. The van der Waals surface area contributed by atoms with Crippen molar-refractivity contribution in [3.8, 4) is 0 Å². The number of fused-ring (bicyclic) bond motifs is 1. The molecule has 0 bridgehead atoms. The van der Waals surface area contributed by atoms with E-state index < -0.39 is 12.1 Å². The first-order chi connectivity index (χ1) is 14.5. The summed E-state index contributed by atoms with van der Waals surface area (Å²) in [5, 5.41) is 15.0. The van der Waals surface area contributed by atoms with E-state index in [1.807, 2.05) is 24.3 Å². The van der Waals surface area contributed by atoms with E-state index in [0.717, 1.165) is 18.7 Å². The number of carbonyl (C=O) groups excluding carboxylic acids is 1. The number of nitrogens with one attached hydrogen (secondary N) is 3. The van der Waals surface area contributed by atoms with Crippen LogP contribution in [0, 0.1) is 16.0 Å². The lowest BCUT2D eigenvalue weighted by Crippen LogP contribution is -2.50. The van der Waals surface area contributed by atoms with Crippen molar-refractivity contribution in [1.29, 1.82) is 0 Å². The molecule has 0 spiro atoms. The first kappa shape index (κ1) is 21.5. The summed E-state index contributed by atoms with van der Waals surface area (Å²) in [4.78, 5) is 26.3. The van der Waals surface area contributed by atoms with Crippen LogP contribution in [0.15, 0.2) is 24.3 Å². The van der Waals surface area contributed by atoms with Crippen LogP contribution in [0.3, 0.4) is 0 Å². The Bertz CT molecular complexity index is 758. The van der Waals surface area contributed by atoms with Gasteiger partial charge < -0.3 is 10.1 Å². The summed E-state index contributed by atoms with van der Waals surface area (Å²) in [5.74, 6) is -0.197. The molecule has 9 nitrogen and oxygen atoms in total. The molecule has 1 aromatic carbocycles. The average Bonchev–Trinajstić information content (AvgIpc) is 3.19. The van der Waals surface area contributed by atoms with Crippen molar-refractivity contribution in [3.05, 3.63) is 45.0 Å². The summed E-state index contributed by atoms with van der Waals surface area (Å²) < 4.78 is 5.48. The van der Waals surface area contributed by atoms with Gasteiger partial charge in [-0.05, 0) is 24.1 Å². The van der Waals surface area contributed by atoms with E-state index in [1.165, 1.54) is 0 Å². The van der Waals surface area contributed by atoms with E-state index in [4.69, 9.17) is 16.3 Å². The van der Waals surface area contributed by atoms with E-state index in [0.29, 0.717) is 44.0 Å². The minimum absolute atomic E-state index is 0.0122. The molecule has 2 heterocycles. The van der Waals surface area contributed by atoms with Crippen molar-refractivity contribution in [3.63, 3.8) is 0 Å². The quantitative estimate of drug-likeness (QED) is 0.452. The van der Waals surface area contributed by atoms with Crippen LogP contribution in [0.25, 0.3) is 0 Å². The Labute approximate surface area is 180 Å². The number of hydrogen-bond donors (Lipinski definition) is 3. The van der Waals surface area contributed by atoms with Gasteiger partial charge in [-0.3, -0.25) is 25.2 Å². The number of rotatable bonds is 6. The molecular formula is C20H28ClN5O4. The maximum absolute atomic E-state index is 13.0. The number of nitro groups is 1. The van der Waals surface area contributed by atoms with E-state index in [-0.39, 0.29) is 28.8 Å². The second-order valence-electron chi connectivity index (χ2n) is 8.25. The third-order valence-corrected chi connectivity index (χ3v) is 6.77. The number of hydrogen-bond acceptors (Lipinski definition) is 7. The zero-order chi connectivity index (χ0) is 21.1. The van der Waals surface area contributed by atoms with E-state index in [2.05, 4.69) is 21.1 Å². The van der Waals surface area contributed by atoms with Crippen LogP contribution in [0.4, 0.5) is 0 Å². The van der Waals surface area contributed by atoms with Gasteiger partial charge in [-0.1, -0.05) is 23.7 Å². The van der Waals surface area contributed by atoms with Gasteiger partial charge in [0, 0.05) is 54.4 Å². The topological polar surface area (TPSA) is 109 Å². The molecule has 2 saturated heterocycles. The predicted molar refractivity (Wildman–Crippen MR) is 112 cm³/mol. The fourth-order valence-electron chi connectivity index (χ4n) is 4.82. The summed E-state index contributed by atoms with van der Waals surface area (Å²) in [7, 11) is 0. The zero-order valence-electron chi connectivity index (χ0n) is 16.8.